The maximum Gasteiger partial charge on any atom is 0.251 e. The minimum absolute atomic E-state index is 0. The van der Waals surface area contributed by atoms with Crippen LogP contribution in [0.15, 0.2) is 54.6 Å². The predicted octanol–water partition coefficient (Wildman–Crippen LogP) is 3.80. The third kappa shape index (κ3) is 7.24. The number of benzene rings is 2. The molecule has 0 radical (unpaired) electrons. The monoisotopic (exact) mass is 397 g/mol. The molecule has 0 aromatic heterocycles. The van der Waals surface area contributed by atoms with Gasteiger partial charge < -0.3 is 11.1 Å². The molecule has 1 amide bonds. The highest BCUT2D eigenvalue weighted by Crippen LogP contribution is 2.10. The first kappa shape index (κ1) is 24.2. The van der Waals surface area contributed by atoms with E-state index in [1.54, 1.807) is 24.3 Å². The molecular formula is C20H29Cl2N3O. The van der Waals surface area contributed by atoms with E-state index in [0.29, 0.717) is 17.8 Å². The maximum atomic E-state index is 12.4. The second-order valence-corrected chi connectivity index (χ2v) is 5.90. The van der Waals surface area contributed by atoms with Crippen molar-refractivity contribution in [3.8, 4) is 0 Å². The molecule has 26 heavy (non-hydrogen) atoms. The fourth-order valence-corrected chi connectivity index (χ4v) is 2.95. The molecule has 2 aromatic carbocycles. The lowest BCUT2D eigenvalue weighted by Crippen LogP contribution is -2.45. The summed E-state index contributed by atoms with van der Waals surface area (Å²) in [7, 11) is 0. The van der Waals surface area contributed by atoms with Gasteiger partial charge in [-0.1, -0.05) is 50.2 Å². The molecule has 144 valence electrons. The summed E-state index contributed by atoms with van der Waals surface area (Å²) in [4.78, 5) is 14.7. The van der Waals surface area contributed by atoms with Crippen molar-refractivity contribution >= 4 is 36.4 Å². The van der Waals surface area contributed by atoms with Crippen molar-refractivity contribution in [3.63, 3.8) is 0 Å². The molecule has 1 atom stereocenters. The van der Waals surface area contributed by atoms with E-state index in [2.05, 4.69) is 48.3 Å². The molecule has 1 unspecified atom stereocenters. The van der Waals surface area contributed by atoms with Gasteiger partial charge in [-0.15, -0.1) is 24.8 Å². The molecule has 0 bridgehead atoms. The maximum absolute atomic E-state index is 12.4. The molecule has 0 saturated carbocycles. The SMILES string of the molecule is CCN(CC)C(CNC(=O)c1cccc(N)c1)Cc1ccccc1.Cl.Cl. The Balaban J connectivity index is 0.00000312. The Labute approximate surface area is 169 Å². The number of carbonyl (C=O) groups excluding carboxylic acids is 1. The van der Waals surface area contributed by atoms with Crippen LogP contribution >= 0.6 is 24.8 Å². The van der Waals surface area contributed by atoms with Crippen molar-refractivity contribution in [1.82, 2.24) is 10.2 Å². The Hall–Kier alpha value is -1.75. The topological polar surface area (TPSA) is 58.4 Å². The third-order valence-electron chi connectivity index (χ3n) is 4.29. The Morgan fingerprint density at radius 2 is 1.69 bits per heavy atom. The minimum Gasteiger partial charge on any atom is -0.399 e. The third-order valence-corrected chi connectivity index (χ3v) is 4.29. The van der Waals surface area contributed by atoms with Gasteiger partial charge >= 0.3 is 0 Å². The van der Waals surface area contributed by atoms with Crippen LogP contribution in [0.1, 0.15) is 29.8 Å². The molecule has 0 saturated heterocycles. The van der Waals surface area contributed by atoms with Gasteiger partial charge in [-0.3, -0.25) is 9.69 Å². The number of carbonyl (C=O) groups is 1. The van der Waals surface area contributed by atoms with Crippen LogP contribution in [-0.2, 0) is 6.42 Å². The van der Waals surface area contributed by atoms with Crippen molar-refractivity contribution < 1.29 is 4.79 Å². The first-order chi connectivity index (χ1) is 11.6. The molecular weight excluding hydrogens is 369 g/mol. The van der Waals surface area contributed by atoms with Crippen LogP contribution < -0.4 is 11.1 Å². The summed E-state index contributed by atoms with van der Waals surface area (Å²) in [6.07, 6.45) is 0.916. The smallest absolute Gasteiger partial charge is 0.251 e. The molecule has 0 fully saturated rings. The van der Waals surface area contributed by atoms with Crippen molar-refractivity contribution in [2.45, 2.75) is 26.3 Å². The summed E-state index contributed by atoms with van der Waals surface area (Å²) < 4.78 is 0. The van der Waals surface area contributed by atoms with Gasteiger partial charge in [0.05, 0.1) is 0 Å². The lowest BCUT2D eigenvalue weighted by molar-refractivity contribution is 0.0934. The number of amides is 1. The molecule has 0 aliphatic rings. The zero-order valence-electron chi connectivity index (χ0n) is 15.4. The summed E-state index contributed by atoms with van der Waals surface area (Å²) in [5, 5.41) is 3.06. The van der Waals surface area contributed by atoms with Gasteiger partial charge in [-0.25, -0.2) is 0 Å². The van der Waals surface area contributed by atoms with Crippen molar-refractivity contribution in [2.24, 2.45) is 0 Å². The number of nitrogen functional groups attached to an aromatic ring is 1. The van der Waals surface area contributed by atoms with Gasteiger partial charge in [0.2, 0.25) is 0 Å². The van der Waals surface area contributed by atoms with Gasteiger partial charge in [-0.2, -0.15) is 0 Å². The van der Waals surface area contributed by atoms with Crippen LogP contribution in [0.25, 0.3) is 0 Å². The zero-order chi connectivity index (χ0) is 17.4. The van der Waals surface area contributed by atoms with Gasteiger partial charge in [0.1, 0.15) is 0 Å². The van der Waals surface area contributed by atoms with Crippen LogP contribution in [0, 0.1) is 0 Å². The van der Waals surface area contributed by atoms with Gasteiger partial charge in [0.15, 0.2) is 0 Å². The van der Waals surface area contributed by atoms with E-state index < -0.39 is 0 Å². The highest BCUT2D eigenvalue weighted by molar-refractivity contribution is 5.95. The van der Waals surface area contributed by atoms with Crippen LogP contribution in [0.3, 0.4) is 0 Å². The number of nitrogens with zero attached hydrogens (tertiary/aromatic N) is 1. The number of halogens is 2. The molecule has 2 rings (SSSR count). The van der Waals surface area contributed by atoms with E-state index in [4.69, 9.17) is 5.73 Å². The first-order valence-electron chi connectivity index (χ1n) is 8.55. The summed E-state index contributed by atoms with van der Waals surface area (Å²) in [6.45, 7) is 6.84. The van der Waals surface area contributed by atoms with E-state index in [-0.39, 0.29) is 36.8 Å². The summed E-state index contributed by atoms with van der Waals surface area (Å²) >= 11 is 0. The lowest BCUT2D eigenvalue weighted by atomic mass is 10.0. The average Bonchev–Trinajstić information content (AvgIpc) is 2.61. The van der Waals surface area contributed by atoms with Crippen LogP contribution in [0.2, 0.25) is 0 Å². The van der Waals surface area contributed by atoms with E-state index in [0.717, 1.165) is 19.5 Å². The standard InChI is InChI=1S/C20H27N3O.2ClH/c1-3-23(4-2)19(13-16-9-6-5-7-10-16)15-22-20(24)17-11-8-12-18(21)14-17;;/h5-12,14,19H,3-4,13,15,21H2,1-2H3,(H,22,24);2*1H. The first-order valence-corrected chi connectivity index (χ1v) is 8.55. The van der Waals surface area contributed by atoms with E-state index in [1.807, 2.05) is 6.07 Å². The normalized spacial score (nSPS) is 11.2. The van der Waals surface area contributed by atoms with Gasteiger partial charge in [-0.05, 0) is 43.3 Å². The summed E-state index contributed by atoms with van der Waals surface area (Å²) in [5.74, 6) is -0.0764. The predicted molar refractivity (Wildman–Crippen MR) is 115 cm³/mol. The van der Waals surface area contributed by atoms with Crippen molar-refractivity contribution in [1.29, 1.82) is 0 Å². The Morgan fingerprint density at radius 1 is 1.04 bits per heavy atom. The number of nitrogens with one attached hydrogen (secondary N) is 1. The fraction of sp³-hybridized carbons (Fsp3) is 0.350. The molecule has 0 aliphatic carbocycles. The second-order valence-electron chi connectivity index (χ2n) is 5.90. The van der Waals surface area contributed by atoms with E-state index >= 15 is 0 Å². The van der Waals surface area contributed by atoms with Gasteiger partial charge in [0, 0.05) is 23.8 Å². The number of rotatable bonds is 8. The molecule has 2 aromatic rings. The fourth-order valence-electron chi connectivity index (χ4n) is 2.95. The number of hydrogen-bond acceptors (Lipinski definition) is 3. The summed E-state index contributed by atoms with van der Waals surface area (Å²) in [5.41, 5.74) is 8.25. The number of likely N-dealkylation sites (N-methyl/N-ethyl adjacent to an activating group) is 1. The van der Waals surface area contributed by atoms with E-state index in [9.17, 15) is 4.79 Å². The molecule has 0 heterocycles. The highest BCUT2D eigenvalue weighted by Gasteiger charge is 2.17. The largest absolute Gasteiger partial charge is 0.399 e. The van der Waals surface area contributed by atoms with E-state index in [1.165, 1.54) is 5.56 Å². The number of hydrogen-bond donors (Lipinski definition) is 2. The molecule has 3 N–H and O–H groups in total. The Kier molecular flexibility index (Phi) is 11.7. The summed E-state index contributed by atoms with van der Waals surface area (Å²) in [6, 6.07) is 17.8. The molecule has 4 nitrogen and oxygen atoms in total. The van der Waals surface area contributed by atoms with Crippen LogP contribution in [-0.4, -0.2) is 36.5 Å². The molecule has 0 spiro atoms. The minimum atomic E-state index is -0.0764. The van der Waals surface area contributed by atoms with Gasteiger partial charge in [0.25, 0.3) is 5.91 Å². The molecule has 0 aliphatic heterocycles. The second kappa shape index (κ2) is 12.6. The van der Waals surface area contributed by atoms with Crippen molar-refractivity contribution in [3.05, 3.63) is 65.7 Å². The highest BCUT2D eigenvalue weighted by atomic mass is 35.5. The van der Waals surface area contributed by atoms with Crippen LogP contribution in [0.5, 0.6) is 0 Å². The lowest BCUT2D eigenvalue weighted by Gasteiger charge is -2.30. The zero-order valence-corrected chi connectivity index (χ0v) is 17.0. The molecule has 6 heteroatoms. The quantitative estimate of drug-likeness (QED) is 0.665. The number of anilines is 1. The average molecular weight is 398 g/mol. The Bertz CT molecular complexity index is 649. The number of nitrogens with two attached hydrogens (primary N) is 1. The van der Waals surface area contributed by atoms with Crippen LogP contribution in [0.4, 0.5) is 5.69 Å². The Morgan fingerprint density at radius 3 is 2.27 bits per heavy atom. The van der Waals surface area contributed by atoms with Crippen molar-refractivity contribution in [2.75, 3.05) is 25.4 Å².